The van der Waals surface area contributed by atoms with Crippen molar-refractivity contribution in [1.82, 2.24) is 19.9 Å². The minimum absolute atomic E-state index is 0.291. The predicted molar refractivity (Wildman–Crippen MR) is 276 cm³/mol. The number of aryl methyl sites for hydroxylation is 2. The number of hydrogen-bond acceptors (Lipinski definition) is 15. The average molecular weight is 984 g/mol. The number of rotatable bonds is 8. The average Bonchev–Trinajstić information content (AvgIpc) is 3.88. The first-order valence-corrected chi connectivity index (χ1v) is 24.9. The molecule has 5 aromatic carbocycles. The van der Waals surface area contributed by atoms with Gasteiger partial charge < -0.3 is 52.6 Å². The summed E-state index contributed by atoms with van der Waals surface area (Å²) in [6.07, 6.45) is 1.85. The first-order chi connectivity index (χ1) is 35.3. The van der Waals surface area contributed by atoms with Crippen molar-refractivity contribution in [3.8, 4) is 34.2 Å². The first-order valence-electron chi connectivity index (χ1n) is 24.9. The van der Waals surface area contributed by atoms with E-state index in [1.54, 1.807) is 30.8 Å². The van der Waals surface area contributed by atoms with E-state index in [-0.39, 0.29) is 11.8 Å². The Balaban J connectivity index is 1.06. The molecule has 0 N–H and O–H groups in total. The van der Waals surface area contributed by atoms with Crippen LogP contribution < -0.4 is 28.9 Å². The molecular weight excluding hydrogens is 919 g/mol. The lowest BCUT2D eigenvalue weighted by atomic mass is 9.90. The fourth-order valence-corrected chi connectivity index (χ4v) is 9.36. The van der Waals surface area contributed by atoms with Crippen LogP contribution in [0.1, 0.15) is 38.8 Å². The van der Waals surface area contributed by atoms with E-state index in [0.717, 1.165) is 50.6 Å². The molecule has 2 bridgehead atoms. The Bertz CT molecular complexity index is 2700. The van der Waals surface area contributed by atoms with Crippen LogP contribution in [-0.2, 0) is 23.7 Å². The standard InChI is InChI=1S/C55H65N7O10/c1-5-61-54(63)44-8-6-7-43-42(12-13-45(53(43)44)55(61)64)46-38-62(57-56-46)41-11-16-49(52(37-41)72-34-29-65-4)60-21-27-70-50-35-39(2)9-14-47(50)58-17-23-66-30-32-68-25-19-59(20-26-69-33-31-67-24-18-58)48-15-10-40(3)36-51(48)71-28-22-60/h6-16,35-38H,5,17-34H2,1-4H3. The number of ether oxygens (including phenoxy) is 8. The molecule has 0 aliphatic carbocycles. The molecule has 0 radical (unpaired) electrons. The molecule has 17 nitrogen and oxygen atoms in total. The van der Waals surface area contributed by atoms with Crippen molar-refractivity contribution in [3.63, 3.8) is 0 Å². The smallest absolute Gasteiger partial charge is 0.261 e. The number of carbonyl (C=O) groups is 2. The third-order valence-electron chi connectivity index (χ3n) is 13.1. The molecule has 0 saturated carbocycles. The lowest BCUT2D eigenvalue weighted by molar-refractivity contribution is 0.0435. The highest BCUT2D eigenvalue weighted by molar-refractivity contribution is 6.26. The number of fused-ring (bicyclic) bond motifs is 20. The van der Waals surface area contributed by atoms with Gasteiger partial charge in [0.1, 0.15) is 42.8 Å². The van der Waals surface area contributed by atoms with E-state index in [1.807, 2.05) is 42.6 Å². The fourth-order valence-electron chi connectivity index (χ4n) is 9.36. The molecule has 17 heteroatoms. The third kappa shape index (κ3) is 11.6. The van der Waals surface area contributed by atoms with Crippen LogP contribution >= 0.6 is 0 Å². The molecule has 5 heterocycles. The molecule has 0 spiro atoms. The Hall–Kier alpha value is -6.76. The molecule has 4 aliphatic rings. The van der Waals surface area contributed by atoms with Crippen LogP contribution in [0.25, 0.3) is 27.7 Å². The third-order valence-corrected chi connectivity index (χ3v) is 13.1. The van der Waals surface area contributed by atoms with Gasteiger partial charge in [0.05, 0.1) is 101 Å². The van der Waals surface area contributed by atoms with E-state index in [1.165, 1.54) is 4.90 Å². The highest BCUT2D eigenvalue weighted by Gasteiger charge is 2.33. The molecule has 6 aromatic rings. The number of amides is 2. The van der Waals surface area contributed by atoms with E-state index in [4.69, 9.17) is 37.9 Å². The zero-order valence-corrected chi connectivity index (χ0v) is 41.8. The van der Waals surface area contributed by atoms with Gasteiger partial charge in [-0.15, -0.1) is 5.10 Å². The van der Waals surface area contributed by atoms with Crippen LogP contribution in [0.5, 0.6) is 17.2 Å². The summed E-state index contributed by atoms with van der Waals surface area (Å²) in [5.41, 5.74) is 7.96. The molecule has 1 aromatic heterocycles. The van der Waals surface area contributed by atoms with Gasteiger partial charge in [-0.2, -0.15) is 0 Å². The largest absolute Gasteiger partial charge is 0.490 e. The summed E-state index contributed by atoms with van der Waals surface area (Å²) in [5, 5.41) is 10.6. The second-order valence-corrected chi connectivity index (χ2v) is 17.8. The van der Waals surface area contributed by atoms with Gasteiger partial charge >= 0.3 is 0 Å². The van der Waals surface area contributed by atoms with Crippen molar-refractivity contribution in [2.45, 2.75) is 20.8 Å². The number of anilines is 3. The number of carbonyl (C=O) groups excluding carboxylic acids is 2. The maximum atomic E-state index is 13.4. The predicted octanol–water partition coefficient (Wildman–Crippen LogP) is 7.02. The number of hydrogen-bond donors (Lipinski definition) is 0. The summed E-state index contributed by atoms with van der Waals surface area (Å²) in [7, 11) is 1.65. The number of nitrogens with zero attached hydrogens (tertiary/aromatic N) is 7. The van der Waals surface area contributed by atoms with E-state index in [0.29, 0.717) is 159 Å². The summed E-state index contributed by atoms with van der Waals surface area (Å²) in [6, 6.07) is 27.7. The Morgan fingerprint density at radius 2 is 1.10 bits per heavy atom. The van der Waals surface area contributed by atoms with Gasteiger partial charge in [-0.25, -0.2) is 4.68 Å². The van der Waals surface area contributed by atoms with Gasteiger partial charge in [0.15, 0.2) is 0 Å². The summed E-state index contributed by atoms with van der Waals surface area (Å²) in [5.74, 6) is 1.55. The second-order valence-electron chi connectivity index (χ2n) is 17.8. The highest BCUT2D eigenvalue weighted by atomic mass is 16.5. The van der Waals surface area contributed by atoms with Crippen LogP contribution in [0, 0.1) is 13.8 Å². The minimum atomic E-state index is -0.302. The lowest BCUT2D eigenvalue weighted by Crippen LogP contribution is -2.40. The normalized spacial score (nSPS) is 17.0. The van der Waals surface area contributed by atoms with Crippen LogP contribution in [-0.4, -0.2) is 164 Å². The summed E-state index contributed by atoms with van der Waals surface area (Å²) < 4.78 is 51.7. The molecule has 0 unspecified atom stereocenters. The van der Waals surface area contributed by atoms with E-state index < -0.39 is 0 Å². The van der Waals surface area contributed by atoms with Crippen LogP contribution in [0.4, 0.5) is 17.1 Å². The Labute approximate surface area is 421 Å². The molecule has 1 saturated heterocycles. The van der Waals surface area contributed by atoms with E-state index in [9.17, 15) is 9.59 Å². The molecule has 1 fully saturated rings. The van der Waals surface area contributed by atoms with Crippen LogP contribution in [0.2, 0.25) is 0 Å². The van der Waals surface area contributed by atoms with Crippen molar-refractivity contribution in [1.29, 1.82) is 0 Å². The zero-order valence-electron chi connectivity index (χ0n) is 41.8. The molecule has 2 amide bonds. The Morgan fingerprint density at radius 1 is 0.569 bits per heavy atom. The van der Waals surface area contributed by atoms with E-state index in [2.05, 4.69) is 75.3 Å². The highest BCUT2D eigenvalue weighted by Crippen LogP contribution is 2.38. The van der Waals surface area contributed by atoms with Crippen LogP contribution in [0.3, 0.4) is 0 Å². The van der Waals surface area contributed by atoms with Crippen molar-refractivity contribution in [2.75, 3.05) is 147 Å². The number of aromatic nitrogens is 3. The quantitative estimate of drug-likeness (QED) is 0.0873. The minimum Gasteiger partial charge on any atom is -0.490 e. The number of benzene rings is 5. The summed E-state index contributed by atoms with van der Waals surface area (Å²) in [6.45, 7) is 15.1. The van der Waals surface area contributed by atoms with Crippen molar-refractivity contribution >= 4 is 39.6 Å². The molecule has 380 valence electrons. The fraction of sp³-hybridized carbons (Fsp3) is 0.418. The zero-order chi connectivity index (χ0) is 49.8. The van der Waals surface area contributed by atoms with Gasteiger partial charge in [0.25, 0.3) is 11.8 Å². The molecule has 4 aliphatic heterocycles. The van der Waals surface area contributed by atoms with Gasteiger partial charge in [-0.3, -0.25) is 14.5 Å². The number of methoxy groups -OCH3 is 1. The topological polar surface area (TPSA) is 152 Å². The molecule has 72 heavy (non-hydrogen) atoms. The van der Waals surface area contributed by atoms with Gasteiger partial charge in [0.2, 0.25) is 0 Å². The first kappa shape index (κ1) is 50.2. The van der Waals surface area contributed by atoms with Crippen LogP contribution in [0.15, 0.2) is 91.1 Å². The lowest BCUT2D eigenvalue weighted by Gasteiger charge is -2.30. The Morgan fingerprint density at radius 3 is 1.67 bits per heavy atom. The monoisotopic (exact) mass is 983 g/mol. The maximum absolute atomic E-state index is 13.4. The van der Waals surface area contributed by atoms with Crippen molar-refractivity contribution < 1.29 is 47.5 Å². The van der Waals surface area contributed by atoms with Crippen molar-refractivity contribution in [2.24, 2.45) is 0 Å². The van der Waals surface area contributed by atoms with Gasteiger partial charge in [-0.1, -0.05) is 35.5 Å². The maximum Gasteiger partial charge on any atom is 0.261 e. The Kier molecular flexibility index (Phi) is 16.8. The summed E-state index contributed by atoms with van der Waals surface area (Å²) >= 11 is 0. The summed E-state index contributed by atoms with van der Waals surface area (Å²) in [4.78, 5) is 34.8. The second kappa shape index (κ2) is 24.1. The molecule has 10 rings (SSSR count). The van der Waals surface area contributed by atoms with Crippen molar-refractivity contribution in [3.05, 3.63) is 113 Å². The van der Waals surface area contributed by atoms with E-state index >= 15 is 0 Å². The number of imide groups is 1. The van der Waals surface area contributed by atoms with Gasteiger partial charge in [0, 0.05) is 68.0 Å². The molecule has 0 atom stereocenters. The molecular formula is C55H65N7O10. The SMILES string of the molecule is CCN1C(=O)c2cccc3c(-c4cn(-c5ccc(N6CCOc7cc(C)ccc7N7CCOCCOCCN(CCOCCOCC7)c7ccc(C)cc7OCC6)c(OCCOC)c5)nn4)ccc(c23)C1=O. The van der Waals surface area contributed by atoms with Gasteiger partial charge in [-0.05, 0) is 85.8 Å².